The largest absolute Gasteiger partial charge is 0.378 e. The maximum absolute atomic E-state index is 5.13. The van der Waals surface area contributed by atoms with Crippen molar-refractivity contribution in [3.63, 3.8) is 0 Å². The Morgan fingerprint density at radius 1 is 1.55 bits per heavy atom. The van der Waals surface area contributed by atoms with Crippen LogP contribution in [0.15, 0.2) is 12.2 Å². The van der Waals surface area contributed by atoms with Gasteiger partial charge >= 0.3 is 0 Å². The number of rotatable bonds is 2. The van der Waals surface area contributed by atoms with Crippen molar-refractivity contribution in [3.8, 4) is 0 Å². The van der Waals surface area contributed by atoms with Crippen LogP contribution in [0.2, 0.25) is 0 Å². The number of allylic oxidation sites excluding steroid dienone is 1. The quantitative estimate of drug-likeness (QED) is 0.539. The fourth-order valence-corrected chi connectivity index (χ4v) is 1.41. The van der Waals surface area contributed by atoms with Gasteiger partial charge in [-0.3, -0.25) is 0 Å². The number of hydrogen-bond acceptors (Lipinski definition) is 1. The van der Waals surface area contributed by atoms with Gasteiger partial charge in [0, 0.05) is 13.0 Å². The Hall–Kier alpha value is -0.630. The summed E-state index contributed by atoms with van der Waals surface area (Å²) in [5.74, 6) is 0.588. The Bertz CT molecular complexity index is 184. The maximum Gasteiger partial charge on any atom is 0.181 e. The Kier molecular flexibility index (Phi) is 2.83. The van der Waals surface area contributed by atoms with Crippen molar-refractivity contribution in [1.82, 2.24) is 0 Å². The fraction of sp³-hybridized carbons (Fsp3) is 0.667. The Morgan fingerprint density at radius 3 is 2.82 bits per heavy atom. The lowest BCUT2D eigenvalue weighted by atomic mass is 10.00. The number of ether oxygens (including phenoxy) is 1. The highest BCUT2D eigenvalue weighted by Gasteiger charge is 2.24. The summed E-state index contributed by atoms with van der Waals surface area (Å²) in [6.45, 7) is 3.02. The number of nitrogens with zero attached hydrogens (tertiary/aromatic N) is 1. The van der Waals surface area contributed by atoms with E-state index in [0.717, 1.165) is 6.61 Å². The zero-order valence-electron chi connectivity index (χ0n) is 7.45. The first-order valence-corrected chi connectivity index (χ1v) is 3.98. The summed E-state index contributed by atoms with van der Waals surface area (Å²) in [6, 6.07) is 0.505. The highest BCUT2D eigenvalue weighted by molar-refractivity contribution is 5.66. The third-order valence-corrected chi connectivity index (χ3v) is 2.20. The monoisotopic (exact) mass is 154 g/mol. The Morgan fingerprint density at radius 2 is 2.27 bits per heavy atom. The molecule has 1 rings (SSSR count). The second kappa shape index (κ2) is 3.67. The van der Waals surface area contributed by atoms with Crippen molar-refractivity contribution in [2.45, 2.75) is 13.0 Å². The zero-order valence-corrected chi connectivity index (χ0v) is 7.45. The second-order valence-corrected chi connectivity index (χ2v) is 3.08. The normalized spacial score (nSPS) is 30.3. The molecule has 0 bridgehead atoms. The molecule has 0 N–H and O–H groups in total. The second-order valence-electron chi connectivity index (χ2n) is 3.08. The Balaban J connectivity index is 2.62. The third-order valence-electron chi connectivity index (χ3n) is 2.20. The maximum atomic E-state index is 5.13. The molecule has 2 heteroatoms. The highest BCUT2D eigenvalue weighted by Crippen LogP contribution is 2.10. The molecule has 0 saturated carbocycles. The van der Waals surface area contributed by atoms with Gasteiger partial charge in [0.05, 0.1) is 0 Å². The topological polar surface area (TPSA) is 12.2 Å². The van der Waals surface area contributed by atoms with Crippen molar-refractivity contribution >= 4 is 6.21 Å². The van der Waals surface area contributed by atoms with Crippen LogP contribution in [0.1, 0.15) is 6.92 Å². The summed E-state index contributed by atoms with van der Waals surface area (Å²) in [7, 11) is 3.84. The van der Waals surface area contributed by atoms with Gasteiger partial charge in [0.15, 0.2) is 12.3 Å². The summed E-state index contributed by atoms with van der Waals surface area (Å²) < 4.78 is 7.33. The molecule has 0 aromatic rings. The van der Waals surface area contributed by atoms with Gasteiger partial charge in [-0.05, 0) is 6.08 Å². The summed E-state index contributed by atoms with van der Waals surface area (Å²) in [5, 5.41) is 0. The summed E-state index contributed by atoms with van der Waals surface area (Å²) in [5.41, 5.74) is 0. The summed E-state index contributed by atoms with van der Waals surface area (Å²) >= 11 is 0. The molecule has 0 amide bonds. The standard InChI is InChI=1S/C9H16NO/c1-8-5-4-6-10(2)9(8)7-11-3/h4-6,8-9H,7H2,1-3H3/q+1. The fourth-order valence-electron chi connectivity index (χ4n) is 1.41. The molecule has 0 aromatic heterocycles. The molecule has 0 aromatic carbocycles. The SMILES string of the molecule is COCC1C(C)C=CC=[N+]1C. The van der Waals surface area contributed by atoms with Crippen LogP contribution in [-0.4, -0.2) is 37.6 Å². The van der Waals surface area contributed by atoms with E-state index >= 15 is 0 Å². The van der Waals surface area contributed by atoms with Gasteiger partial charge in [0.25, 0.3) is 0 Å². The lowest BCUT2D eigenvalue weighted by molar-refractivity contribution is -0.544. The van der Waals surface area contributed by atoms with Crippen LogP contribution in [0, 0.1) is 5.92 Å². The molecular formula is C9H16NO+. The van der Waals surface area contributed by atoms with Gasteiger partial charge in [-0.25, -0.2) is 4.58 Å². The first kappa shape index (κ1) is 8.47. The molecule has 11 heavy (non-hydrogen) atoms. The van der Waals surface area contributed by atoms with Crippen LogP contribution in [0.5, 0.6) is 0 Å². The average molecular weight is 154 g/mol. The first-order chi connectivity index (χ1) is 5.25. The van der Waals surface area contributed by atoms with E-state index in [2.05, 4.69) is 36.9 Å². The van der Waals surface area contributed by atoms with Crippen LogP contribution in [0.4, 0.5) is 0 Å². The van der Waals surface area contributed by atoms with Crippen molar-refractivity contribution < 1.29 is 9.31 Å². The van der Waals surface area contributed by atoms with E-state index < -0.39 is 0 Å². The van der Waals surface area contributed by atoms with Crippen molar-refractivity contribution in [2.75, 3.05) is 20.8 Å². The molecule has 0 fully saturated rings. The Labute approximate surface area is 68.2 Å². The van der Waals surface area contributed by atoms with Gasteiger partial charge in [0.1, 0.15) is 13.7 Å². The molecule has 0 spiro atoms. The lowest BCUT2D eigenvalue weighted by Crippen LogP contribution is -2.35. The average Bonchev–Trinajstić information content (AvgIpc) is 1.97. The number of hydrogen-bond donors (Lipinski definition) is 0. The summed E-state index contributed by atoms with van der Waals surface area (Å²) in [4.78, 5) is 0. The minimum absolute atomic E-state index is 0.505. The van der Waals surface area contributed by atoms with Crippen molar-refractivity contribution in [1.29, 1.82) is 0 Å². The van der Waals surface area contributed by atoms with Crippen LogP contribution in [0.3, 0.4) is 0 Å². The van der Waals surface area contributed by atoms with Gasteiger partial charge < -0.3 is 4.74 Å². The van der Waals surface area contributed by atoms with E-state index in [1.54, 1.807) is 7.11 Å². The molecule has 0 aliphatic carbocycles. The molecular weight excluding hydrogens is 138 g/mol. The summed E-state index contributed by atoms with van der Waals surface area (Å²) in [6.07, 6.45) is 6.39. The van der Waals surface area contributed by atoms with Crippen LogP contribution < -0.4 is 0 Å². The van der Waals surface area contributed by atoms with E-state index in [1.807, 2.05) is 0 Å². The third kappa shape index (κ3) is 1.90. The van der Waals surface area contributed by atoms with Crippen LogP contribution in [-0.2, 0) is 4.74 Å². The molecule has 2 unspecified atom stereocenters. The van der Waals surface area contributed by atoms with Gasteiger partial charge in [-0.1, -0.05) is 13.0 Å². The molecule has 0 saturated heterocycles. The molecule has 2 nitrogen and oxygen atoms in total. The lowest BCUT2D eigenvalue weighted by Gasteiger charge is -2.18. The molecule has 2 atom stereocenters. The highest BCUT2D eigenvalue weighted by atomic mass is 16.5. The van der Waals surface area contributed by atoms with Crippen LogP contribution in [0.25, 0.3) is 0 Å². The molecule has 62 valence electrons. The van der Waals surface area contributed by atoms with E-state index in [-0.39, 0.29) is 0 Å². The van der Waals surface area contributed by atoms with E-state index in [9.17, 15) is 0 Å². The van der Waals surface area contributed by atoms with Crippen molar-refractivity contribution in [3.05, 3.63) is 12.2 Å². The van der Waals surface area contributed by atoms with Gasteiger partial charge in [0.2, 0.25) is 0 Å². The van der Waals surface area contributed by atoms with E-state index in [0.29, 0.717) is 12.0 Å². The first-order valence-electron chi connectivity index (χ1n) is 3.98. The molecule has 0 radical (unpaired) electrons. The van der Waals surface area contributed by atoms with E-state index in [1.165, 1.54) is 0 Å². The molecule has 1 aliphatic rings. The smallest absolute Gasteiger partial charge is 0.181 e. The van der Waals surface area contributed by atoms with E-state index in [4.69, 9.17) is 4.74 Å². The minimum Gasteiger partial charge on any atom is -0.378 e. The molecule has 1 heterocycles. The minimum atomic E-state index is 0.505. The van der Waals surface area contributed by atoms with Gasteiger partial charge in [-0.2, -0.15) is 0 Å². The number of methoxy groups -OCH3 is 1. The van der Waals surface area contributed by atoms with Gasteiger partial charge in [-0.15, -0.1) is 0 Å². The van der Waals surface area contributed by atoms with Crippen molar-refractivity contribution in [2.24, 2.45) is 5.92 Å². The molecule has 1 aliphatic heterocycles. The number of likely N-dealkylation sites (N-methyl/N-ethyl adjacent to an activating group) is 1. The predicted molar refractivity (Wildman–Crippen MR) is 46.2 cm³/mol. The zero-order chi connectivity index (χ0) is 8.27. The predicted octanol–water partition coefficient (Wildman–Crippen LogP) is 0.920. The van der Waals surface area contributed by atoms with Crippen LogP contribution >= 0.6 is 0 Å².